The van der Waals surface area contributed by atoms with Crippen LogP contribution in [0.2, 0.25) is 0 Å². The Balaban J connectivity index is 4.12. The highest BCUT2D eigenvalue weighted by molar-refractivity contribution is 5.78. The molecule has 1 amide bonds. The van der Waals surface area contributed by atoms with Gasteiger partial charge in [-0.05, 0) is 13.3 Å². The average molecular weight is 181 g/mol. The highest BCUT2D eigenvalue weighted by Gasteiger charge is 2.17. The van der Waals surface area contributed by atoms with Crippen molar-refractivity contribution in [2.45, 2.75) is 33.6 Å². The van der Waals surface area contributed by atoms with Gasteiger partial charge in [-0.1, -0.05) is 26.2 Å². The third kappa shape index (κ3) is 3.98. The van der Waals surface area contributed by atoms with Crippen molar-refractivity contribution in [3.8, 4) is 12.3 Å². The summed E-state index contributed by atoms with van der Waals surface area (Å²) in [5.41, 5.74) is 0. The van der Waals surface area contributed by atoms with Crippen molar-refractivity contribution < 1.29 is 4.79 Å². The zero-order valence-electron chi connectivity index (χ0n) is 8.84. The van der Waals surface area contributed by atoms with Crippen molar-refractivity contribution in [3.63, 3.8) is 0 Å². The van der Waals surface area contributed by atoms with Crippen molar-refractivity contribution >= 4 is 5.91 Å². The smallest absolute Gasteiger partial charge is 0.226 e. The summed E-state index contributed by atoms with van der Waals surface area (Å²) in [7, 11) is 0. The Morgan fingerprint density at radius 2 is 2.15 bits per heavy atom. The molecule has 0 aliphatic carbocycles. The number of nitrogens with zero attached hydrogens (tertiary/aromatic N) is 1. The van der Waals surface area contributed by atoms with Crippen molar-refractivity contribution in [3.05, 3.63) is 0 Å². The Hall–Kier alpha value is -0.970. The molecule has 0 aromatic heterocycles. The molecule has 0 spiro atoms. The normalized spacial score (nSPS) is 11.8. The molecule has 0 radical (unpaired) electrons. The van der Waals surface area contributed by atoms with Crippen molar-refractivity contribution in [2.75, 3.05) is 13.1 Å². The lowest BCUT2D eigenvalue weighted by molar-refractivity contribution is -0.134. The molecular formula is C11H19NO. The molecular weight excluding hydrogens is 162 g/mol. The molecule has 0 aromatic rings. The van der Waals surface area contributed by atoms with Crippen molar-refractivity contribution in [2.24, 2.45) is 5.92 Å². The third-order valence-electron chi connectivity index (χ3n) is 2.12. The molecule has 1 unspecified atom stereocenters. The Labute approximate surface area is 81.3 Å². The summed E-state index contributed by atoms with van der Waals surface area (Å²) >= 11 is 0. The summed E-state index contributed by atoms with van der Waals surface area (Å²) in [5, 5.41) is 0. The predicted molar refractivity (Wildman–Crippen MR) is 55.2 cm³/mol. The van der Waals surface area contributed by atoms with Gasteiger partial charge in [0.25, 0.3) is 0 Å². The number of rotatable bonds is 5. The molecule has 0 rings (SSSR count). The minimum absolute atomic E-state index is 0.110. The van der Waals surface area contributed by atoms with E-state index in [0.717, 1.165) is 12.8 Å². The monoisotopic (exact) mass is 181 g/mol. The first-order valence-corrected chi connectivity index (χ1v) is 4.89. The molecule has 1 atom stereocenters. The molecule has 0 bridgehead atoms. The maximum atomic E-state index is 11.7. The summed E-state index contributed by atoms with van der Waals surface area (Å²) in [4.78, 5) is 13.4. The van der Waals surface area contributed by atoms with E-state index in [-0.39, 0.29) is 11.8 Å². The highest BCUT2D eigenvalue weighted by atomic mass is 16.2. The molecule has 0 aliphatic rings. The zero-order valence-corrected chi connectivity index (χ0v) is 8.84. The molecule has 0 fully saturated rings. The Bertz CT molecular complexity index is 193. The SMILES string of the molecule is C#CCN(CC)C(=O)C(C)CCC. The Morgan fingerprint density at radius 1 is 1.54 bits per heavy atom. The second-order valence-electron chi connectivity index (χ2n) is 3.25. The number of hydrogen-bond acceptors (Lipinski definition) is 1. The second-order valence-corrected chi connectivity index (χ2v) is 3.25. The van der Waals surface area contributed by atoms with E-state index in [1.165, 1.54) is 0 Å². The van der Waals surface area contributed by atoms with Crippen LogP contribution in [0.5, 0.6) is 0 Å². The van der Waals surface area contributed by atoms with E-state index < -0.39 is 0 Å². The van der Waals surface area contributed by atoms with Crippen molar-refractivity contribution in [1.29, 1.82) is 0 Å². The molecule has 0 N–H and O–H groups in total. The third-order valence-corrected chi connectivity index (χ3v) is 2.12. The molecule has 13 heavy (non-hydrogen) atoms. The summed E-state index contributed by atoms with van der Waals surface area (Å²) in [6, 6.07) is 0. The number of hydrogen-bond donors (Lipinski definition) is 0. The van der Waals surface area contributed by atoms with Crippen LogP contribution in [0.3, 0.4) is 0 Å². The largest absolute Gasteiger partial charge is 0.332 e. The molecule has 0 aromatic carbocycles. The summed E-state index contributed by atoms with van der Waals surface area (Å²) in [6.45, 7) is 7.14. The van der Waals surface area contributed by atoms with Gasteiger partial charge < -0.3 is 4.90 Å². The lowest BCUT2D eigenvalue weighted by Crippen LogP contribution is -2.35. The number of carbonyl (C=O) groups excluding carboxylic acids is 1. The topological polar surface area (TPSA) is 20.3 Å². The van der Waals surface area contributed by atoms with Crippen LogP contribution in [-0.4, -0.2) is 23.9 Å². The van der Waals surface area contributed by atoms with E-state index in [9.17, 15) is 4.79 Å². The van der Waals surface area contributed by atoms with Crippen molar-refractivity contribution in [1.82, 2.24) is 4.90 Å². The minimum Gasteiger partial charge on any atom is -0.332 e. The van der Waals surface area contributed by atoms with Gasteiger partial charge in [-0.2, -0.15) is 0 Å². The van der Waals surface area contributed by atoms with Gasteiger partial charge in [0.05, 0.1) is 6.54 Å². The van der Waals surface area contributed by atoms with Gasteiger partial charge in [0, 0.05) is 12.5 Å². The maximum absolute atomic E-state index is 11.7. The van der Waals surface area contributed by atoms with Gasteiger partial charge >= 0.3 is 0 Å². The molecule has 0 aliphatic heterocycles. The fourth-order valence-electron chi connectivity index (χ4n) is 1.32. The maximum Gasteiger partial charge on any atom is 0.226 e. The van der Waals surface area contributed by atoms with Crippen LogP contribution in [0.1, 0.15) is 33.6 Å². The van der Waals surface area contributed by atoms with Gasteiger partial charge in [-0.25, -0.2) is 0 Å². The summed E-state index contributed by atoms with van der Waals surface area (Å²) in [5.74, 6) is 2.79. The fourth-order valence-corrected chi connectivity index (χ4v) is 1.32. The van der Waals surface area contributed by atoms with Gasteiger partial charge in [-0.15, -0.1) is 6.42 Å². The quantitative estimate of drug-likeness (QED) is 0.593. The van der Waals surface area contributed by atoms with Gasteiger partial charge in [-0.3, -0.25) is 4.79 Å². The van der Waals surface area contributed by atoms with Crippen LogP contribution in [0, 0.1) is 18.3 Å². The molecule has 0 saturated heterocycles. The van der Waals surface area contributed by atoms with Crippen LogP contribution in [0.4, 0.5) is 0 Å². The Morgan fingerprint density at radius 3 is 2.54 bits per heavy atom. The summed E-state index contributed by atoms with van der Waals surface area (Å²) in [6.07, 6.45) is 7.16. The van der Waals surface area contributed by atoms with Crippen LogP contribution in [-0.2, 0) is 4.79 Å². The summed E-state index contributed by atoms with van der Waals surface area (Å²) < 4.78 is 0. The first-order valence-electron chi connectivity index (χ1n) is 4.89. The molecule has 74 valence electrons. The van der Waals surface area contributed by atoms with E-state index in [0.29, 0.717) is 13.1 Å². The zero-order chi connectivity index (χ0) is 10.3. The van der Waals surface area contributed by atoms with Gasteiger partial charge in [0.1, 0.15) is 0 Å². The molecule has 0 heterocycles. The minimum atomic E-state index is 0.110. The van der Waals surface area contributed by atoms with E-state index in [4.69, 9.17) is 6.42 Å². The molecule has 2 heteroatoms. The highest BCUT2D eigenvalue weighted by Crippen LogP contribution is 2.08. The standard InChI is InChI=1S/C11H19NO/c1-5-8-10(4)11(13)12(7-3)9-6-2/h2,10H,5,7-9H2,1,3-4H3. The first kappa shape index (κ1) is 12.0. The fraction of sp³-hybridized carbons (Fsp3) is 0.727. The number of terminal acetylenes is 1. The van der Waals surface area contributed by atoms with E-state index in [1.807, 2.05) is 13.8 Å². The average Bonchev–Trinajstić information content (AvgIpc) is 2.13. The molecule has 2 nitrogen and oxygen atoms in total. The van der Waals surface area contributed by atoms with Gasteiger partial charge in [0.2, 0.25) is 5.91 Å². The van der Waals surface area contributed by atoms with Crippen LogP contribution in [0.15, 0.2) is 0 Å². The molecule has 0 saturated carbocycles. The van der Waals surface area contributed by atoms with E-state index in [2.05, 4.69) is 12.8 Å². The van der Waals surface area contributed by atoms with E-state index >= 15 is 0 Å². The number of amides is 1. The van der Waals surface area contributed by atoms with Crippen LogP contribution < -0.4 is 0 Å². The Kier molecular flexibility index (Phi) is 6.05. The van der Waals surface area contributed by atoms with Gasteiger partial charge in [0.15, 0.2) is 0 Å². The van der Waals surface area contributed by atoms with E-state index in [1.54, 1.807) is 4.90 Å². The predicted octanol–water partition coefficient (Wildman–Crippen LogP) is 1.90. The lowest BCUT2D eigenvalue weighted by atomic mass is 10.0. The number of carbonyl (C=O) groups is 1. The van der Waals surface area contributed by atoms with Crippen LogP contribution >= 0.6 is 0 Å². The second kappa shape index (κ2) is 6.54. The first-order chi connectivity index (χ1) is 6.17. The van der Waals surface area contributed by atoms with Crippen LogP contribution in [0.25, 0.3) is 0 Å². The lowest BCUT2D eigenvalue weighted by Gasteiger charge is -2.21.